The van der Waals surface area contributed by atoms with Crippen molar-refractivity contribution in [1.82, 2.24) is 4.98 Å². The van der Waals surface area contributed by atoms with E-state index in [-0.39, 0.29) is 18.4 Å². The van der Waals surface area contributed by atoms with E-state index >= 15 is 0 Å². The van der Waals surface area contributed by atoms with Gasteiger partial charge in [0, 0.05) is 0 Å². The van der Waals surface area contributed by atoms with Crippen LogP contribution in [-0.2, 0) is 0 Å². The molecule has 0 amide bonds. The van der Waals surface area contributed by atoms with Gasteiger partial charge in [0.2, 0.25) is 0 Å². The van der Waals surface area contributed by atoms with Crippen molar-refractivity contribution in [2.75, 3.05) is 5.73 Å². The molecular weight excluding hydrogens is 128 g/mol. The number of aryl methyl sites for hydroxylation is 1. The van der Waals surface area contributed by atoms with Crippen molar-refractivity contribution in [3.8, 4) is 0 Å². The van der Waals surface area contributed by atoms with Crippen LogP contribution in [0.1, 0.15) is 5.69 Å². The second kappa shape index (κ2) is 2.57. The average Bonchev–Trinajstić information content (AvgIpc) is 1.87. The Balaban J connectivity index is 0.000000490. The van der Waals surface area contributed by atoms with Gasteiger partial charge in [-0.1, -0.05) is 0 Å². The smallest absolute Gasteiger partial charge is 0.292 e. The first-order valence-corrected chi connectivity index (χ1v) is 1.96. The number of nitrogens with zero attached hydrogens (tertiary/aromatic N) is 1. The summed E-state index contributed by atoms with van der Waals surface area (Å²) < 4.78 is 4.63. The first-order valence-electron chi connectivity index (χ1n) is 1.96. The number of rotatable bonds is 0. The molecule has 4 heteroatoms. The van der Waals surface area contributed by atoms with E-state index in [4.69, 9.17) is 5.73 Å². The van der Waals surface area contributed by atoms with E-state index in [1.807, 2.05) is 6.92 Å². The molecule has 0 atom stereocenters. The van der Waals surface area contributed by atoms with Crippen LogP contribution in [0.2, 0.25) is 0 Å². The van der Waals surface area contributed by atoms with E-state index in [2.05, 4.69) is 9.40 Å². The van der Waals surface area contributed by atoms with Gasteiger partial charge >= 0.3 is 0 Å². The fourth-order valence-corrected chi connectivity index (χ4v) is 0.372. The molecule has 0 aliphatic rings. The predicted octanol–water partition coefficient (Wildman–Crippen LogP) is 0.987. The summed E-state index contributed by atoms with van der Waals surface area (Å²) in [7, 11) is 0. The molecule has 0 saturated heterocycles. The van der Waals surface area contributed by atoms with E-state index in [0.717, 1.165) is 5.69 Å². The highest BCUT2D eigenvalue weighted by atomic mass is 35.5. The van der Waals surface area contributed by atoms with E-state index in [1.165, 1.54) is 6.26 Å². The van der Waals surface area contributed by atoms with Crippen LogP contribution in [0.4, 0.5) is 6.01 Å². The van der Waals surface area contributed by atoms with Crippen molar-refractivity contribution in [2.24, 2.45) is 0 Å². The first-order chi connectivity index (χ1) is 3.29. The molecule has 0 aromatic carbocycles. The maximum absolute atomic E-state index is 5.10. The SMILES string of the molecule is Cc1coc(N)n1.Cl. The van der Waals surface area contributed by atoms with Gasteiger partial charge in [-0.15, -0.1) is 12.4 Å². The zero-order valence-electron chi connectivity index (χ0n) is 4.42. The van der Waals surface area contributed by atoms with E-state index < -0.39 is 0 Å². The van der Waals surface area contributed by atoms with Gasteiger partial charge in [-0.25, -0.2) is 0 Å². The van der Waals surface area contributed by atoms with Crippen LogP contribution in [0.25, 0.3) is 0 Å². The van der Waals surface area contributed by atoms with Crippen LogP contribution in [0.5, 0.6) is 0 Å². The Morgan fingerprint density at radius 1 is 1.75 bits per heavy atom. The van der Waals surface area contributed by atoms with E-state index in [9.17, 15) is 0 Å². The van der Waals surface area contributed by atoms with E-state index in [0.29, 0.717) is 0 Å². The van der Waals surface area contributed by atoms with E-state index in [1.54, 1.807) is 0 Å². The highest BCUT2D eigenvalue weighted by Crippen LogP contribution is 1.98. The summed E-state index contributed by atoms with van der Waals surface area (Å²) in [5, 5.41) is 0. The Morgan fingerprint density at radius 3 is 2.50 bits per heavy atom. The van der Waals surface area contributed by atoms with Crippen LogP contribution in [0.3, 0.4) is 0 Å². The molecule has 1 aromatic heterocycles. The largest absolute Gasteiger partial charge is 0.432 e. The monoisotopic (exact) mass is 134 g/mol. The summed E-state index contributed by atoms with van der Waals surface area (Å²) in [6, 6.07) is 0.234. The third-order valence-electron chi connectivity index (χ3n) is 0.637. The molecule has 0 unspecified atom stereocenters. The molecule has 1 aromatic rings. The highest BCUT2D eigenvalue weighted by molar-refractivity contribution is 5.85. The number of hydrogen-bond acceptors (Lipinski definition) is 3. The highest BCUT2D eigenvalue weighted by Gasteiger charge is 1.88. The van der Waals surface area contributed by atoms with Gasteiger partial charge in [-0.2, -0.15) is 4.98 Å². The molecule has 2 N–H and O–H groups in total. The van der Waals surface area contributed by atoms with Crippen LogP contribution in [0.15, 0.2) is 10.7 Å². The summed E-state index contributed by atoms with van der Waals surface area (Å²) in [5.74, 6) is 0. The molecule has 1 heterocycles. The number of anilines is 1. The van der Waals surface area contributed by atoms with Crippen molar-refractivity contribution < 1.29 is 4.42 Å². The molecule has 0 bridgehead atoms. The molecule has 3 nitrogen and oxygen atoms in total. The number of nitrogens with two attached hydrogens (primary N) is 1. The fourth-order valence-electron chi connectivity index (χ4n) is 0.372. The zero-order valence-corrected chi connectivity index (χ0v) is 5.23. The van der Waals surface area contributed by atoms with Crippen molar-refractivity contribution in [3.63, 3.8) is 0 Å². The summed E-state index contributed by atoms with van der Waals surface area (Å²) in [6.45, 7) is 1.82. The molecule has 0 saturated carbocycles. The Kier molecular flexibility index (Phi) is 2.34. The quantitative estimate of drug-likeness (QED) is 0.576. The van der Waals surface area contributed by atoms with Crippen molar-refractivity contribution in [3.05, 3.63) is 12.0 Å². The Bertz CT molecular complexity index is 146. The lowest BCUT2D eigenvalue weighted by Gasteiger charge is -1.70. The topological polar surface area (TPSA) is 52.0 Å². The van der Waals surface area contributed by atoms with Crippen LogP contribution >= 0.6 is 12.4 Å². The number of aromatic nitrogens is 1. The molecular formula is C4H7ClN2O. The van der Waals surface area contributed by atoms with Gasteiger partial charge in [0.05, 0.1) is 5.69 Å². The molecule has 0 radical (unpaired) electrons. The second-order valence-corrected chi connectivity index (χ2v) is 1.33. The minimum Gasteiger partial charge on any atom is -0.432 e. The molecule has 46 valence electrons. The van der Waals surface area contributed by atoms with Gasteiger partial charge in [0.1, 0.15) is 6.26 Å². The lowest BCUT2D eigenvalue weighted by atomic mass is 10.6. The normalized spacial score (nSPS) is 8.12. The maximum Gasteiger partial charge on any atom is 0.292 e. The molecule has 1 rings (SSSR count). The van der Waals surface area contributed by atoms with Gasteiger partial charge in [-0.3, -0.25) is 0 Å². The van der Waals surface area contributed by atoms with Crippen LogP contribution < -0.4 is 5.73 Å². The molecule has 0 spiro atoms. The van der Waals surface area contributed by atoms with Crippen molar-refractivity contribution in [1.29, 1.82) is 0 Å². The molecule has 8 heavy (non-hydrogen) atoms. The zero-order chi connectivity index (χ0) is 5.28. The molecule has 0 aliphatic carbocycles. The van der Waals surface area contributed by atoms with Crippen LogP contribution in [-0.4, -0.2) is 4.98 Å². The predicted molar refractivity (Wildman–Crippen MR) is 32.9 cm³/mol. The third kappa shape index (κ3) is 1.42. The van der Waals surface area contributed by atoms with Gasteiger partial charge in [0.15, 0.2) is 0 Å². The Labute approximate surface area is 53.3 Å². The third-order valence-corrected chi connectivity index (χ3v) is 0.637. The fraction of sp³-hybridized carbons (Fsp3) is 0.250. The summed E-state index contributed by atoms with van der Waals surface area (Å²) >= 11 is 0. The Hall–Kier alpha value is -0.700. The van der Waals surface area contributed by atoms with Crippen molar-refractivity contribution >= 4 is 18.4 Å². The number of halogens is 1. The maximum atomic E-state index is 5.10. The standard InChI is InChI=1S/C4H6N2O.ClH/c1-3-2-7-4(5)6-3;/h2H,1H3,(H2,5,6);1H. The lowest BCUT2D eigenvalue weighted by Crippen LogP contribution is -1.81. The first kappa shape index (κ1) is 7.30. The Morgan fingerprint density at radius 2 is 2.38 bits per heavy atom. The second-order valence-electron chi connectivity index (χ2n) is 1.33. The molecule has 0 aliphatic heterocycles. The van der Waals surface area contributed by atoms with Crippen LogP contribution in [0, 0.1) is 6.92 Å². The number of hydrogen-bond donors (Lipinski definition) is 1. The van der Waals surface area contributed by atoms with Crippen molar-refractivity contribution in [2.45, 2.75) is 6.92 Å². The summed E-state index contributed by atoms with van der Waals surface area (Å²) in [5.41, 5.74) is 5.92. The lowest BCUT2D eigenvalue weighted by molar-refractivity contribution is 0.579. The minimum absolute atomic E-state index is 0. The molecule has 0 fully saturated rings. The number of oxazole rings is 1. The average molecular weight is 135 g/mol. The minimum atomic E-state index is 0. The summed E-state index contributed by atoms with van der Waals surface area (Å²) in [4.78, 5) is 3.72. The van der Waals surface area contributed by atoms with Gasteiger partial charge in [-0.05, 0) is 6.92 Å². The number of nitrogen functional groups attached to an aromatic ring is 1. The van der Waals surface area contributed by atoms with Gasteiger partial charge < -0.3 is 10.2 Å². The summed E-state index contributed by atoms with van der Waals surface area (Å²) in [6.07, 6.45) is 1.51. The van der Waals surface area contributed by atoms with Gasteiger partial charge in [0.25, 0.3) is 6.01 Å².